The molecule has 1 aliphatic heterocycles. The van der Waals surface area contributed by atoms with E-state index < -0.39 is 0 Å². The minimum atomic E-state index is -0.0181. The Morgan fingerprint density at radius 2 is 1.96 bits per heavy atom. The minimum Gasteiger partial charge on any atom is -0.385 e. The van der Waals surface area contributed by atoms with Crippen molar-refractivity contribution in [3.63, 3.8) is 0 Å². The van der Waals surface area contributed by atoms with E-state index in [0.717, 1.165) is 12.0 Å². The molecule has 1 aromatic rings. The lowest BCUT2D eigenvalue weighted by molar-refractivity contribution is -0.121. The molecule has 0 spiro atoms. The summed E-state index contributed by atoms with van der Waals surface area (Å²) in [5.41, 5.74) is 1.12. The van der Waals surface area contributed by atoms with Gasteiger partial charge in [-0.25, -0.2) is 4.79 Å². The maximum Gasteiger partial charge on any atom is 0.320 e. The molecule has 23 heavy (non-hydrogen) atoms. The van der Waals surface area contributed by atoms with Gasteiger partial charge in [-0.1, -0.05) is 30.3 Å². The molecule has 0 radical (unpaired) electrons. The molecule has 0 unspecified atom stereocenters. The summed E-state index contributed by atoms with van der Waals surface area (Å²) in [5.74, 6) is -0.0181. The van der Waals surface area contributed by atoms with Crippen molar-refractivity contribution in [2.75, 3.05) is 39.9 Å². The Labute approximate surface area is 137 Å². The van der Waals surface area contributed by atoms with E-state index in [0.29, 0.717) is 45.8 Å². The molecule has 6 nitrogen and oxygen atoms in total. The number of carbonyl (C=O) groups is 2. The summed E-state index contributed by atoms with van der Waals surface area (Å²) < 4.78 is 4.93. The Hall–Kier alpha value is -2.08. The van der Waals surface area contributed by atoms with Crippen molar-refractivity contribution in [3.8, 4) is 0 Å². The number of hydrogen-bond acceptors (Lipinski definition) is 3. The summed E-state index contributed by atoms with van der Waals surface area (Å²) in [6.45, 7) is 3.74. The van der Waals surface area contributed by atoms with Crippen LogP contribution in [0, 0.1) is 0 Å². The quantitative estimate of drug-likeness (QED) is 0.701. The molecular formula is C17H25N3O3. The van der Waals surface area contributed by atoms with Crippen LogP contribution in [0.4, 0.5) is 4.79 Å². The normalized spacial score (nSPS) is 14.4. The van der Waals surface area contributed by atoms with Crippen LogP contribution in [0.1, 0.15) is 18.4 Å². The van der Waals surface area contributed by atoms with Gasteiger partial charge in [-0.15, -0.1) is 0 Å². The molecule has 1 aromatic carbocycles. The van der Waals surface area contributed by atoms with Gasteiger partial charge in [-0.05, 0) is 12.0 Å². The first-order valence-corrected chi connectivity index (χ1v) is 8.04. The number of nitrogens with zero attached hydrogens (tertiary/aromatic N) is 2. The van der Waals surface area contributed by atoms with Gasteiger partial charge < -0.3 is 19.9 Å². The highest BCUT2D eigenvalue weighted by Crippen LogP contribution is 2.13. The molecule has 1 saturated heterocycles. The lowest BCUT2D eigenvalue weighted by Crippen LogP contribution is -2.35. The van der Waals surface area contributed by atoms with Crippen molar-refractivity contribution < 1.29 is 14.3 Å². The van der Waals surface area contributed by atoms with Gasteiger partial charge in [0.15, 0.2) is 0 Å². The predicted molar refractivity (Wildman–Crippen MR) is 87.9 cm³/mol. The van der Waals surface area contributed by atoms with Crippen molar-refractivity contribution >= 4 is 11.9 Å². The smallest absolute Gasteiger partial charge is 0.320 e. The monoisotopic (exact) mass is 319 g/mol. The predicted octanol–water partition coefficient (Wildman–Crippen LogP) is 1.47. The zero-order chi connectivity index (χ0) is 16.5. The molecule has 0 aromatic heterocycles. The van der Waals surface area contributed by atoms with Crippen LogP contribution in [-0.2, 0) is 16.1 Å². The van der Waals surface area contributed by atoms with Crippen molar-refractivity contribution in [3.05, 3.63) is 35.9 Å². The second-order valence-corrected chi connectivity index (χ2v) is 5.62. The molecule has 0 saturated carbocycles. The van der Waals surface area contributed by atoms with Gasteiger partial charge in [-0.2, -0.15) is 0 Å². The molecule has 1 aliphatic rings. The number of nitrogens with one attached hydrogen (secondary N) is 1. The van der Waals surface area contributed by atoms with E-state index in [4.69, 9.17) is 4.74 Å². The van der Waals surface area contributed by atoms with Crippen LogP contribution in [-0.4, -0.2) is 61.6 Å². The molecule has 1 heterocycles. The average Bonchev–Trinajstić information content (AvgIpc) is 2.91. The summed E-state index contributed by atoms with van der Waals surface area (Å²) >= 11 is 0. The zero-order valence-corrected chi connectivity index (χ0v) is 13.7. The van der Waals surface area contributed by atoms with Gasteiger partial charge in [0, 0.05) is 52.9 Å². The molecule has 0 bridgehead atoms. The Morgan fingerprint density at radius 1 is 1.22 bits per heavy atom. The van der Waals surface area contributed by atoms with E-state index in [2.05, 4.69) is 5.32 Å². The van der Waals surface area contributed by atoms with Crippen LogP contribution < -0.4 is 5.32 Å². The number of ether oxygens (including phenoxy) is 1. The fourth-order valence-electron chi connectivity index (χ4n) is 2.56. The average molecular weight is 319 g/mol. The molecule has 0 aliphatic carbocycles. The van der Waals surface area contributed by atoms with E-state index in [9.17, 15) is 9.59 Å². The Balaban J connectivity index is 1.69. The number of carbonyl (C=O) groups excluding carboxylic acids is 2. The second kappa shape index (κ2) is 9.15. The van der Waals surface area contributed by atoms with Crippen molar-refractivity contribution in [1.29, 1.82) is 0 Å². The standard InChI is InChI=1S/C17H25N3O3/c1-23-13-5-9-18-16(21)8-10-19-11-12-20(17(19)22)14-15-6-3-2-4-7-15/h2-4,6-7H,5,8-14H2,1H3,(H,18,21). The van der Waals surface area contributed by atoms with E-state index in [-0.39, 0.29) is 11.9 Å². The summed E-state index contributed by atoms with van der Waals surface area (Å²) in [7, 11) is 1.64. The van der Waals surface area contributed by atoms with Crippen LogP contribution >= 0.6 is 0 Å². The van der Waals surface area contributed by atoms with Crippen LogP contribution in [0.2, 0.25) is 0 Å². The molecule has 126 valence electrons. The molecule has 2 rings (SSSR count). The van der Waals surface area contributed by atoms with Crippen LogP contribution in [0.5, 0.6) is 0 Å². The SMILES string of the molecule is COCCCNC(=O)CCN1CCN(Cc2ccccc2)C1=O. The number of hydrogen-bond donors (Lipinski definition) is 1. The Morgan fingerprint density at radius 3 is 2.70 bits per heavy atom. The van der Waals surface area contributed by atoms with E-state index in [1.165, 1.54) is 0 Å². The number of amides is 3. The zero-order valence-electron chi connectivity index (χ0n) is 13.7. The molecule has 1 N–H and O–H groups in total. The molecular weight excluding hydrogens is 294 g/mol. The van der Waals surface area contributed by atoms with Gasteiger partial charge in [0.1, 0.15) is 0 Å². The van der Waals surface area contributed by atoms with Crippen molar-refractivity contribution in [2.24, 2.45) is 0 Å². The highest BCUT2D eigenvalue weighted by atomic mass is 16.5. The fraction of sp³-hybridized carbons (Fsp3) is 0.529. The van der Waals surface area contributed by atoms with Gasteiger partial charge in [-0.3, -0.25) is 4.79 Å². The first-order chi connectivity index (χ1) is 11.2. The summed E-state index contributed by atoms with van der Waals surface area (Å²) in [4.78, 5) is 27.6. The van der Waals surface area contributed by atoms with Crippen LogP contribution in [0.3, 0.4) is 0 Å². The Bertz CT molecular complexity index is 507. The number of benzene rings is 1. The molecule has 0 atom stereocenters. The topological polar surface area (TPSA) is 61.9 Å². The highest BCUT2D eigenvalue weighted by Gasteiger charge is 2.28. The van der Waals surface area contributed by atoms with E-state index in [1.54, 1.807) is 12.0 Å². The second-order valence-electron chi connectivity index (χ2n) is 5.62. The van der Waals surface area contributed by atoms with E-state index >= 15 is 0 Å². The molecule has 1 fully saturated rings. The Kier molecular flexibility index (Phi) is 6.87. The number of methoxy groups -OCH3 is 1. The van der Waals surface area contributed by atoms with Gasteiger partial charge in [0.25, 0.3) is 0 Å². The summed E-state index contributed by atoms with van der Waals surface area (Å²) in [6, 6.07) is 9.96. The van der Waals surface area contributed by atoms with E-state index in [1.807, 2.05) is 35.2 Å². The lowest BCUT2D eigenvalue weighted by Gasteiger charge is -2.18. The van der Waals surface area contributed by atoms with Crippen molar-refractivity contribution in [2.45, 2.75) is 19.4 Å². The van der Waals surface area contributed by atoms with Crippen LogP contribution in [0.25, 0.3) is 0 Å². The summed E-state index contributed by atoms with van der Waals surface area (Å²) in [5, 5.41) is 2.84. The van der Waals surface area contributed by atoms with Crippen LogP contribution in [0.15, 0.2) is 30.3 Å². The third-order valence-corrected chi connectivity index (χ3v) is 3.85. The minimum absolute atomic E-state index is 0.0148. The van der Waals surface area contributed by atoms with Gasteiger partial charge in [0.05, 0.1) is 0 Å². The summed E-state index contributed by atoms with van der Waals surface area (Å²) in [6.07, 6.45) is 1.15. The molecule has 3 amide bonds. The maximum atomic E-state index is 12.3. The van der Waals surface area contributed by atoms with Gasteiger partial charge in [0.2, 0.25) is 5.91 Å². The first kappa shape index (κ1) is 17.3. The van der Waals surface area contributed by atoms with Crippen molar-refractivity contribution in [1.82, 2.24) is 15.1 Å². The lowest BCUT2D eigenvalue weighted by atomic mass is 10.2. The maximum absolute atomic E-state index is 12.3. The fourth-order valence-corrected chi connectivity index (χ4v) is 2.56. The number of rotatable bonds is 9. The third-order valence-electron chi connectivity index (χ3n) is 3.85. The highest BCUT2D eigenvalue weighted by molar-refractivity contribution is 5.79. The third kappa shape index (κ3) is 5.56. The number of urea groups is 1. The van der Waals surface area contributed by atoms with Gasteiger partial charge >= 0.3 is 6.03 Å². The molecule has 6 heteroatoms. The largest absolute Gasteiger partial charge is 0.385 e. The first-order valence-electron chi connectivity index (χ1n) is 8.04.